The molecule has 10 bridgehead atoms. The number of nitrogens with one attached hydrogen (secondary N) is 2. The Bertz CT molecular complexity index is 2090. The monoisotopic (exact) mass is 597 g/mol. The van der Waals surface area contributed by atoms with Crippen molar-refractivity contribution in [1.29, 1.82) is 0 Å². The van der Waals surface area contributed by atoms with Gasteiger partial charge in [0.25, 0.3) is 0 Å². The summed E-state index contributed by atoms with van der Waals surface area (Å²) in [4.78, 5) is 23.6. The van der Waals surface area contributed by atoms with Crippen molar-refractivity contribution in [3.63, 3.8) is 0 Å². The van der Waals surface area contributed by atoms with Crippen LogP contribution in [0.1, 0.15) is 126 Å². The summed E-state index contributed by atoms with van der Waals surface area (Å²) < 4.78 is 0. The molecular weight excluding hydrogens is 550 g/mol. The number of hydrogen-bond donors (Lipinski definition) is 2. The standard InChI is InChI=1S/C40H47N5/c1-16-17(2)32-27(12)34-20(5)21(6)36(43-34)29(14)38-24(9)25(10)40(45-38)30(15)39-23(8)22(7)37(44-39)28(13)35-19(4)18(3)33(42-35)26(11)31(16)41-32/h41-42H,1-15H3. The number of rotatable bonds is 0. The van der Waals surface area contributed by atoms with E-state index in [0.717, 1.165) is 56.3 Å². The minimum atomic E-state index is 1.02. The molecule has 0 fully saturated rings. The summed E-state index contributed by atoms with van der Waals surface area (Å²) in [5.41, 5.74) is 29.0. The van der Waals surface area contributed by atoms with Gasteiger partial charge in [-0.15, -0.1) is 0 Å². The number of allylic oxidation sites excluding steroid dienone is 6. The molecule has 45 heavy (non-hydrogen) atoms. The summed E-state index contributed by atoms with van der Waals surface area (Å²) in [6, 6.07) is 0. The SMILES string of the molecule is CC1=C(C)c2nc1c(C)c1nc(c(C)c3[nH]c(c(C)c3C)c(C)c3[nH]c(c(C)c4nc(c2C)C(C)=C4C)c(C)c3C)C(C)=C1C. The van der Waals surface area contributed by atoms with Gasteiger partial charge in [0.05, 0.1) is 34.2 Å². The van der Waals surface area contributed by atoms with Crippen LogP contribution in [-0.4, -0.2) is 24.9 Å². The Balaban J connectivity index is 1.91. The molecule has 0 saturated heterocycles. The van der Waals surface area contributed by atoms with Crippen LogP contribution in [0.3, 0.4) is 0 Å². The van der Waals surface area contributed by atoms with Gasteiger partial charge in [-0.2, -0.15) is 0 Å². The predicted molar refractivity (Wildman–Crippen MR) is 194 cm³/mol. The second kappa shape index (κ2) is 10.4. The smallest absolute Gasteiger partial charge is 0.0720 e. The molecule has 6 heterocycles. The number of H-pyrrole nitrogens is 2. The van der Waals surface area contributed by atoms with E-state index in [1.807, 2.05) is 0 Å². The lowest BCUT2D eigenvalue weighted by atomic mass is 9.98. The first kappa shape index (κ1) is 30.8. The Morgan fingerprint density at radius 2 is 0.444 bits per heavy atom. The summed E-state index contributed by atoms with van der Waals surface area (Å²) >= 11 is 0. The van der Waals surface area contributed by atoms with E-state index in [4.69, 9.17) is 15.0 Å². The number of aromatic amines is 2. The molecule has 232 valence electrons. The molecule has 0 unspecified atom stereocenters. The maximum Gasteiger partial charge on any atom is 0.0720 e. The highest BCUT2D eigenvalue weighted by Gasteiger charge is 2.25. The summed E-state index contributed by atoms with van der Waals surface area (Å²) in [7, 11) is 0. The lowest BCUT2D eigenvalue weighted by Gasteiger charge is -2.03. The third kappa shape index (κ3) is 4.23. The summed E-state index contributed by atoms with van der Waals surface area (Å²) in [6.07, 6.45) is 0. The zero-order valence-electron chi connectivity index (χ0n) is 29.8. The largest absolute Gasteiger partial charge is 0.355 e. The molecule has 0 atom stereocenters. The number of fused-ring (bicyclic) bond motifs is 10. The van der Waals surface area contributed by atoms with Gasteiger partial charge >= 0.3 is 0 Å². The molecule has 5 nitrogen and oxygen atoms in total. The van der Waals surface area contributed by atoms with E-state index in [1.54, 1.807) is 0 Å². The molecule has 0 spiro atoms. The van der Waals surface area contributed by atoms with Gasteiger partial charge in [0.15, 0.2) is 0 Å². The van der Waals surface area contributed by atoms with Gasteiger partial charge in [-0.1, -0.05) is 0 Å². The minimum absolute atomic E-state index is 1.02. The molecule has 0 radical (unpaired) electrons. The number of aryl methyl sites for hydroxylation is 7. The Hall–Kier alpha value is -4.25. The number of aromatic nitrogens is 5. The molecule has 3 aliphatic rings. The maximum absolute atomic E-state index is 5.32. The summed E-state index contributed by atoms with van der Waals surface area (Å²) in [5.74, 6) is 0. The zero-order chi connectivity index (χ0) is 33.0. The lowest BCUT2D eigenvalue weighted by molar-refractivity contribution is 1.15. The van der Waals surface area contributed by atoms with E-state index in [-0.39, 0.29) is 0 Å². The van der Waals surface area contributed by atoms with Gasteiger partial charge in [0, 0.05) is 33.2 Å². The summed E-state index contributed by atoms with van der Waals surface area (Å²) in [6.45, 7) is 33.1. The average Bonchev–Trinajstić information content (AvgIpc) is 3.75. The molecule has 6 rings (SSSR count). The Morgan fingerprint density at radius 3 is 0.689 bits per heavy atom. The van der Waals surface area contributed by atoms with Crippen molar-refractivity contribution in [2.75, 3.05) is 0 Å². The fraction of sp³-hybridized carbons (Fsp3) is 0.375. The first-order valence-corrected chi connectivity index (χ1v) is 16.1. The van der Waals surface area contributed by atoms with E-state index < -0.39 is 0 Å². The highest BCUT2D eigenvalue weighted by Crippen LogP contribution is 2.41. The molecule has 0 amide bonds. The molecule has 0 aliphatic carbocycles. The quantitative estimate of drug-likeness (QED) is 0.271. The van der Waals surface area contributed by atoms with E-state index in [2.05, 4.69) is 114 Å². The zero-order valence-corrected chi connectivity index (χ0v) is 29.8. The molecule has 3 aliphatic heterocycles. The molecule has 3 aromatic rings. The van der Waals surface area contributed by atoms with Crippen LogP contribution in [0.5, 0.6) is 0 Å². The highest BCUT2D eigenvalue weighted by atomic mass is 14.8. The lowest BCUT2D eigenvalue weighted by Crippen LogP contribution is -1.93. The molecule has 0 saturated carbocycles. The van der Waals surface area contributed by atoms with Crippen molar-refractivity contribution < 1.29 is 0 Å². The van der Waals surface area contributed by atoms with Crippen molar-refractivity contribution in [3.05, 3.63) is 84.2 Å². The van der Waals surface area contributed by atoms with Crippen molar-refractivity contribution in [2.24, 2.45) is 0 Å². The third-order valence-corrected chi connectivity index (χ3v) is 11.2. The fourth-order valence-electron chi connectivity index (χ4n) is 7.56. The Kier molecular flexibility index (Phi) is 7.11. The van der Waals surface area contributed by atoms with Crippen LogP contribution in [0.4, 0.5) is 0 Å². The Labute approximate surface area is 268 Å². The third-order valence-electron chi connectivity index (χ3n) is 11.2. The molecule has 5 heteroatoms. The fourth-order valence-corrected chi connectivity index (χ4v) is 7.56. The maximum atomic E-state index is 5.32. The van der Waals surface area contributed by atoms with Crippen LogP contribution in [-0.2, 0) is 0 Å². The van der Waals surface area contributed by atoms with Gasteiger partial charge < -0.3 is 9.97 Å². The van der Waals surface area contributed by atoms with Crippen LogP contribution in [0.25, 0.3) is 55.5 Å². The van der Waals surface area contributed by atoms with Gasteiger partial charge in [-0.3, -0.25) is 0 Å². The van der Waals surface area contributed by atoms with Gasteiger partial charge in [-0.25, -0.2) is 15.0 Å². The number of nitrogens with zero attached hydrogens (tertiary/aromatic N) is 3. The molecule has 2 N–H and O–H groups in total. The van der Waals surface area contributed by atoms with E-state index >= 15 is 0 Å². The van der Waals surface area contributed by atoms with Crippen molar-refractivity contribution in [3.8, 4) is 0 Å². The highest BCUT2D eigenvalue weighted by molar-refractivity contribution is 5.98. The van der Waals surface area contributed by atoms with E-state index in [9.17, 15) is 0 Å². The normalized spacial score (nSPS) is 14.3. The first-order chi connectivity index (χ1) is 21.1. The van der Waals surface area contributed by atoms with Gasteiger partial charge in [0.1, 0.15) is 0 Å². The van der Waals surface area contributed by atoms with Crippen LogP contribution >= 0.6 is 0 Å². The van der Waals surface area contributed by atoms with Crippen LogP contribution in [0.15, 0.2) is 0 Å². The van der Waals surface area contributed by atoms with Crippen LogP contribution in [0.2, 0.25) is 0 Å². The summed E-state index contributed by atoms with van der Waals surface area (Å²) in [5, 5.41) is 0. The molecular formula is C40H47N5. The topological polar surface area (TPSA) is 70.2 Å². The Morgan fingerprint density at radius 1 is 0.244 bits per heavy atom. The van der Waals surface area contributed by atoms with Crippen molar-refractivity contribution >= 4 is 55.5 Å². The predicted octanol–water partition coefficient (Wildman–Crippen LogP) is 10.8. The van der Waals surface area contributed by atoms with E-state index in [1.165, 1.54) is 83.4 Å². The molecule has 0 aromatic carbocycles. The van der Waals surface area contributed by atoms with Crippen molar-refractivity contribution in [1.82, 2.24) is 24.9 Å². The molecule has 3 aromatic heterocycles. The van der Waals surface area contributed by atoms with Gasteiger partial charge in [-0.05, 0) is 176 Å². The second-order valence-electron chi connectivity index (χ2n) is 13.6. The first-order valence-electron chi connectivity index (χ1n) is 16.1. The minimum Gasteiger partial charge on any atom is -0.355 e. The van der Waals surface area contributed by atoms with Crippen LogP contribution in [0, 0.1) is 62.3 Å². The van der Waals surface area contributed by atoms with Gasteiger partial charge in [0.2, 0.25) is 0 Å². The second-order valence-corrected chi connectivity index (χ2v) is 13.6. The van der Waals surface area contributed by atoms with Crippen LogP contribution < -0.4 is 0 Å². The average molecular weight is 598 g/mol. The van der Waals surface area contributed by atoms with E-state index in [0.29, 0.717) is 0 Å². The van der Waals surface area contributed by atoms with Crippen molar-refractivity contribution in [2.45, 2.75) is 104 Å². The number of hydrogen-bond acceptors (Lipinski definition) is 3.